The van der Waals surface area contributed by atoms with Gasteiger partial charge < -0.3 is 5.32 Å². The van der Waals surface area contributed by atoms with Crippen molar-refractivity contribution in [1.29, 1.82) is 0 Å². The molecule has 1 nitrogen and oxygen atoms in total. The zero-order valence-corrected chi connectivity index (χ0v) is 15.3. The average Bonchev–Trinajstić information content (AvgIpc) is 2.55. The molecule has 1 N–H and O–H groups in total. The van der Waals surface area contributed by atoms with E-state index >= 15 is 0 Å². The third-order valence-electron chi connectivity index (χ3n) is 5.47. The summed E-state index contributed by atoms with van der Waals surface area (Å²) in [5, 5.41) is 3.50. The molecule has 1 fully saturated rings. The molecule has 23 heavy (non-hydrogen) atoms. The molecule has 1 heterocycles. The van der Waals surface area contributed by atoms with E-state index in [1.54, 1.807) is 0 Å². The van der Waals surface area contributed by atoms with Crippen LogP contribution in [-0.4, -0.2) is 13.1 Å². The van der Waals surface area contributed by atoms with E-state index in [1.807, 2.05) is 0 Å². The molecule has 1 aliphatic carbocycles. The summed E-state index contributed by atoms with van der Waals surface area (Å²) in [6.07, 6.45) is 10.6. The lowest BCUT2D eigenvalue weighted by molar-refractivity contribution is 0.198. The Balaban J connectivity index is 1.75. The van der Waals surface area contributed by atoms with Crippen LogP contribution in [0, 0.1) is 18.3 Å². The van der Waals surface area contributed by atoms with Crippen molar-refractivity contribution in [3.05, 3.63) is 58.0 Å². The van der Waals surface area contributed by atoms with Crippen LogP contribution in [0.3, 0.4) is 0 Å². The highest BCUT2D eigenvalue weighted by Crippen LogP contribution is 2.50. The van der Waals surface area contributed by atoms with Gasteiger partial charge in [0.05, 0.1) is 0 Å². The molecule has 2 heteroatoms. The Hall–Kier alpha value is -0.990. The minimum Gasteiger partial charge on any atom is -0.317 e. The summed E-state index contributed by atoms with van der Waals surface area (Å²) in [7, 11) is 0. The quantitative estimate of drug-likeness (QED) is 0.738. The molecule has 1 aromatic rings. The van der Waals surface area contributed by atoms with Crippen molar-refractivity contribution in [1.82, 2.24) is 5.32 Å². The fourth-order valence-electron chi connectivity index (χ4n) is 4.20. The van der Waals surface area contributed by atoms with Crippen molar-refractivity contribution in [2.45, 2.75) is 46.0 Å². The minimum atomic E-state index is 0.343. The molecule has 1 atom stereocenters. The lowest BCUT2D eigenvalue weighted by Gasteiger charge is -2.44. The van der Waals surface area contributed by atoms with Gasteiger partial charge in [-0.3, -0.25) is 0 Å². The van der Waals surface area contributed by atoms with E-state index in [9.17, 15) is 0 Å². The number of aryl methyl sites for hydroxylation is 1. The van der Waals surface area contributed by atoms with E-state index in [1.165, 1.54) is 47.3 Å². The van der Waals surface area contributed by atoms with Gasteiger partial charge in [-0.25, -0.2) is 0 Å². The van der Waals surface area contributed by atoms with Gasteiger partial charge in [-0.15, -0.1) is 12.6 Å². The Bertz CT molecular complexity index is 591. The molecule has 0 aromatic heterocycles. The fourth-order valence-corrected chi connectivity index (χ4v) is 4.68. The second-order valence-corrected chi connectivity index (χ2v) is 7.96. The molecule has 0 bridgehead atoms. The lowest BCUT2D eigenvalue weighted by Crippen LogP contribution is -2.40. The van der Waals surface area contributed by atoms with E-state index in [-0.39, 0.29) is 0 Å². The van der Waals surface area contributed by atoms with Crippen LogP contribution < -0.4 is 5.32 Å². The second-order valence-electron chi connectivity index (χ2n) is 7.51. The van der Waals surface area contributed by atoms with Gasteiger partial charge in [0, 0.05) is 5.41 Å². The summed E-state index contributed by atoms with van der Waals surface area (Å²) in [5.41, 5.74) is 4.52. The fraction of sp³-hybridized carbons (Fsp3) is 0.524. The molecule has 1 saturated heterocycles. The molecule has 2 aliphatic rings. The van der Waals surface area contributed by atoms with E-state index in [4.69, 9.17) is 12.6 Å². The summed E-state index contributed by atoms with van der Waals surface area (Å²) in [5.74, 6) is 0.767. The van der Waals surface area contributed by atoms with Crippen molar-refractivity contribution in [2.24, 2.45) is 11.3 Å². The minimum absolute atomic E-state index is 0.343. The number of rotatable bonds is 3. The van der Waals surface area contributed by atoms with Crippen LogP contribution in [0.4, 0.5) is 0 Å². The number of thiol groups is 1. The molecule has 1 aliphatic heterocycles. The van der Waals surface area contributed by atoms with Gasteiger partial charge >= 0.3 is 0 Å². The van der Waals surface area contributed by atoms with Gasteiger partial charge in [0.2, 0.25) is 0 Å². The van der Waals surface area contributed by atoms with Crippen LogP contribution in [0.2, 0.25) is 0 Å². The smallest absolute Gasteiger partial charge is 0.00397 e. The summed E-state index contributed by atoms with van der Waals surface area (Å²) >= 11 is 5.00. The van der Waals surface area contributed by atoms with Crippen molar-refractivity contribution in [2.75, 3.05) is 13.1 Å². The number of allylic oxidation sites excluding steroid dienone is 4. The highest BCUT2D eigenvalue weighted by Gasteiger charge is 2.39. The molecule has 124 valence electrons. The number of hydrogen-bond donors (Lipinski definition) is 2. The molecule has 1 aromatic carbocycles. The van der Waals surface area contributed by atoms with Crippen molar-refractivity contribution < 1.29 is 0 Å². The van der Waals surface area contributed by atoms with Crippen LogP contribution in [0.25, 0.3) is 0 Å². The van der Waals surface area contributed by atoms with E-state index in [2.05, 4.69) is 55.6 Å². The average molecular weight is 328 g/mol. The summed E-state index contributed by atoms with van der Waals surface area (Å²) in [6.45, 7) is 6.81. The highest BCUT2D eigenvalue weighted by atomic mass is 32.1. The number of piperidine rings is 1. The molecule has 3 rings (SSSR count). The van der Waals surface area contributed by atoms with Crippen molar-refractivity contribution in [3.63, 3.8) is 0 Å². The molecule has 1 unspecified atom stereocenters. The maximum Gasteiger partial charge on any atom is 0.00397 e. The van der Waals surface area contributed by atoms with Gasteiger partial charge in [-0.2, -0.15) is 0 Å². The molecular weight excluding hydrogens is 298 g/mol. The first-order chi connectivity index (χ1) is 11.1. The van der Waals surface area contributed by atoms with Gasteiger partial charge in [0.25, 0.3) is 0 Å². The first-order valence-corrected chi connectivity index (χ1v) is 9.39. The van der Waals surface area contributed by atoms with E-state index in [0.29, 0.717) is 5.41 Å². The van der Waals surface area contributed by atoms with Crippen LogP contribution in [0.5, 0.6) is 0 Å². The van der Waals surface area contributed by atoms with Crippen LogP contribution in [0.15, 0.2) is 46.9 Å². The Morgan fingerprint density at radius 3 is 2.61 bits per heavy atom. The van der Waals surface area contributed by atoms with Crippen molar-refractivity contribution >= 4 is 12.6 Å². The SMILES string of the molecule is Cc1ccc(C/C=C/C2=C(S)C3(CCNCC3)CC(C)C2)cc1. The third-order valence-corrected chi connectivity index (χ3v) is 6.23. The first-order valence-electron chi connectivity index (χ1n) is 8.94. The molecule has 1 spiro atoms. The van der Waals surface area contributed by atoms with Crippen LogP contribution >= 0.6 is 12.6 Å². The molecule has 0 radical (unpaired) electrons. The Labute approximate surface area is 146 Å². The van der Waals surface area contributed by atoms with E-state index < -0.39 is 0 Å². The van der Waals surface area contributed by atoms with Gasteiger partial charge in [0.1, 0.15) is 0 Å². The zero-order valence-electron chi connectivity index (χ0n) is 14.4. The number of hydrogen-bond acceptors (Lipinski definition) is 2. The third kappa shape index (κ3) is 3.92. The second kappa shape index (κ2) is 7.27. The molecule has 0 amide bonds. The van der Waals surface area contributed by atoms with Gasteiger partial charge in [0.15, 0.2) is 0 Å². The molecule has 0 saturated carbocycles. The van der Waals surface area contributed by atoms with Crippen molar-refractivity contribution in [3.8, 4) is 0 Å². The summed E-state index contributed by atoms with van der Waals surface area (Å²) in [4.78, 5) is 1.37. The van der Waals surface area contributed by atoms with Crippen LogP contribution in [-0.2, 0) is 6.42 Å². The number of benzene rings is 1. The summed E-state index contributed by atoms with van der Waals surface area (Å²) < 4.78 is 0. The monoisotopic (exact) mass is 327 g/mol. The first kappa shape index (κ1) is 16.9. The van der Waals surface area contributed by atoms with Gasteiger partial charge in [-0.1, -0.05) is 48.9 Å². The van der Waals surface area contributed by atoms with Crippen LogP contribution in [0.1, 0.15) is 43.7 Å². The van der Waals surface area contributed by atoms with Gasteiger partial charge in [-0.05, 0) is 74.1 Å². The maximum atomic E-state index is 5.00. The normalized spacial score (nSPS) is 24.6. The largest absolute Gasteiger partial charge is 0.317 e. The maximum absolute atomic E-state index is 5.00. The number of nitrogens with one attached hydrogen (secondary N) is 1. The lowest BCUT2D eigenvalue weighted by atomic mass is 9.67. The standard InChI is InChI=1S/C21H29NS/c1-16-6-8-18(9-7-16)4-3-5-19-14-17(2)15-21(20(19)23)10-12-22-13-11-21/h3,5-9,17,22-23H,4,10-15H2,1-2H3/b5-3+. The zero-order chi connectivity index (χ0) is 16.3. The molecular formula is C21H29NS. The highest BCUT2D eigenvalue weighted by molar-refractivity contribution is 7.84. The Morgan fingerprint density at radius 1 is 1.22 bits per heavy atom. The predicted octanol–water partition coefficient (Wildman–Crippen LogP) is 5.08. The topological polar surface area (TPSA) is 12.0 Å². The Kier molecular flexibility index (Phi) is 5.33. The van der Waals surface area contributed by atoms with E-state index in [0.717, 1.165) is 25.4 Å². The Morgan fingerprint density at radius 2 is 1.91 bits per heavy atom. The summed E-state index contributed by atoms with van der Waals surface area (Å²) in [6, 6.07) is 8.85. The predicted molar refractivity (Wildman–Crippen MR) is 103 cm³/mol.